The summed E-state index contributed by atoms with van der Waals surface area (Å²) in [4.78, 5) is 11.7. The van der Waals surface area contributed by atoms with Crippen LogP contribution in [0, 0.1) is 6.92 Å². The van der Waals surface area contributed by atoms with Gasteiger partial charge in [0, 0.05) is 6.42 Å². The number of hydrogen-bond donors (Lipinski definition) is 2. The maximum atomic E-state index is 11.7. The SMILES string of the molecule is CCCOc1cc(C)ccc1NC(=O)CCCN. The monoisotopic (exact) mass is 250 g/mol. The number of aryl methyl sites for hydroxylation is 1. The maximum absolute atomic E-state index is 11.7. The first-order valence-electron chi connectivity index (χ1n) is 6.40. The van der Waals surface area contributed by atoms with Gasteiger partial charge in [0.1, 0.15) is 5.75 Å². The van der Waals surface area contributed by atoms with Crippen molar-refractivity contribution in [3.63, 3.8) is 0 Å². The Kier molecular flexibility index (Phi) is 6.22. The molecule has 0 aliphatic carbocycles. The smallest absolute Gasteiger partial charge is 0.224 e. The van der Waals surface area contributed by atoms with Gasteiger partial charge in [-0.3, -0.25) is 4.79 Å². The minimum atomic E-state index is -0.0225. The Morgan fingerprint density at radius 2 is 2.22 bits per heavy atom. The molecule has 0 spiro atoms. The molecule has 4 heteroatoms. The molecule has 0 atom stereocenters. The van der Waals surface area contributed by atoms with Crippen LogP contribution in [-0.2, 0) is 4.79 Å². The Morgan fingerprint density at radius 3 is 2.89 bits per heavy atom. The van der Waals surface area contributed by atoms with Crippen LogP contribution in [0.5, 0.6) is 5.75 Å². The number of hydrogen-bond acceptors (Lipinski definition) is 3. The molecule has 0 heterocycles. The van der Waals surface area contributed by atoms with Crippen LogP contribution in [0.3, 0.4) is 0 Å². The molecular formula is C14H22N2O2. The molecule has 0 aliphatic heterocycles. The number of carbonyl (C=O) groups excluding carboxylic acids is 1. The Balaban J connectivity index is 2.70. The Labute approximate surface area is 109 Å². The summed E-state index contributed by atoms with van der Waals surface area (Å²) in [5.74, 6) is 0.712. The van der Waals surface area contributed by atoms with E-state index in [1.165, 1.54) is 0 Å². The van der Waals surface area contributed by atoms with Crippen LogP contribution in [0.25, 0.3) is 0 Å². The van der Waals surface area contributed by atoms with Crippen LogP contribution in [0.15, 0.2) is 18.2 Å². The van der Waals surface area contributed by atoms with Crippen molar-refractivity contribution >= 4 is 11.6 Å². The zero-order chi connectivity index (χ0) is 13.4. The van der Waals surface area contributed by atoms with E-state index in [1.54, 1.807) is 0 Å². The molecule has 0 fully saturated rings. The van der Waals surface area contributed by atoms with Crippen molar-refractivity contribution in [1.29, 1.82) is 0 Å². The highest BCUT2D eigenvalue weighted by atomic mass is 16.5. The third-order valence-electron chi connectivity index (χ3n) is 2.48. The molecule has 3 N–H and O–H groups in total. The Morgan fingerprint density at radius 1 is 1.44 bits per heavy atom. The second-order valence-electron chi connectivity index (χ2n) is 4.29. The van der Waals surface area contributed by atoms with Gasteiger partial charge in [-0.05, 0) is 44.0 Å². The molecular weight excluding hydrogens is 228 g/mol. The molecule has 1 rings (SSSR count). The van der Waals surface area contributed by atoms with E-state index in [0.29, 0.717) is 26.0 Å². The highest BCUT2D eigenvalue weighted by Crippen LogP contribution is 2.26. The first-order chi connectivity index (χ1) is 8.67. The molecule has 100 valence electrons. The van der Waals surface area contributed by atoms with Crippen molar-refractivity contribution in [2.75, 3.05) is 18.5 Å². The Hall–Kier alpha value is -1.55. The summed E-state index contributed by atoms with van der Waals surface area (Å²) < 4.78 is 5.63. The molecule has 1 aromatic rings. The molecule has 0 aliphatic rings. The van der Waals surface area contributed by atoms with E-state index >= 15 is 0 Å². The summed E-state index contributed by atoms with van der Waals surface area (Å²) in [6.07, 6.45) is 2.08. The zero-order valence-corrected chi connectivity index (χ0v) is 11.2. The molecule has 0 unspecified atom stereocenters. The van der Waals surface area contributed by atoms with Gasteiger partial charge in [0.25, 0.3) is 0 Å². The van der Waals surface area contributed by atoms with Gasteiger partial charge in [0.05, 0.1) is 12.3 Å². The van der Waals surface area contributed by atoms with Crippen molar-refractivity contribution in [3.05, 3.63) is 23.8 Å². The number of anilines is 1. The van der Waals surface area contributed by atoms with Crippen molar-refractivity contribution in [3.8, 4) is 5.75 Å². The first kappa shape index (κ1) is 14.5. The second kappa shape index (κ2) is 7.71. The molecule has 18 heavy (non-hydrogen) atoms. The molecule has 0 radical (unpaired) electrons. The predicted molar refractivity (Wildman–Crippen MR) is 73.9 cm³/mol. The van der Waals surface area contributed by atoms with Crippen LogP contribution in [0.4, 0.5) is 5.69 Å². The number of carbonyl (C=O) groups is 1. The largest absolute Gasteiger partial charge is 0.491 e. The summed E-state index contributed by atoms with van der Waals surface area (Å²) in [6.45, 7) is 5.23. The van der Waals surface area contributed by atoms with Gasteiger partial charge in [-0.1, -0.05) is 13.0 Å². The van der Waals surface area contributed by atoms with Gasteiger partial charge in [-0.2, -0.15) is 0 Å². The fraction of sp³-hybridized carbons (Fsp3) is 0.500. The van der Waals surface area contributed by atoms with E-state index < -0.39 is 0 Å². The lowest BCUT2D eigenvalue weighted by atomic mass is 10.2. The third kappa shape index (κ3) is 4.75. The Bertz CT molecular complexity index is 391. The van der Waals surface area contributed by atoms with Gasteiger partial charge in [-0.15, -0.1) is 0 Å². The topological polar surface area (TPSA) is 64.3 Å². The van der Waals surface area contributed by atoms with E-state index in [-0.39, 0.29) is 5.91 Å². The van der Waals surface area contributed by atoms with E-state index in [9.17, 15) is 4.79 Å². The first-order valence-corrected chi connectivity index (χ1v) is 6.40. The van der Waals surface area contributed by atoms with Crippen molar-refractivity contribution in [2.45, 2.75) is 33.1 Å². The summed E-state index contributed by atoms with van der Waals surface area (Å²) in [7, 11) is 0. The number of rotatable bonds is 7. The van der Waals surface area contributed by atoms with Crippen molar-refractivity contribution in [1.82, 2.24) is 0 Å². The second-order valence-corrected chi connectivity index (χ2v) is 4.29. The lowest BCUT2D eigenvalue weighted by molar-refractivity contribution is -0.116. The van der Waals surface area contributed by atoms with E-state index in [0.717, 1.165) is 23.4 Å². The zero-order valence-electron chi connectivity index (χ0n) is 11.2. The van der Waals surface area contributed by atoms with Gasteiger partial charge in [0.15, 0.2) is 0 Å². The molecule has 0 saturated carbocycles. The molecule has 4 nitrogen and oxygen atoms in total. The fourth-order valence-electron chi connectivity index (χ4n) is 1.54. The summed E-state index contributed by atoms with van der Waals surface area (Å²) in [5.41, 5.74) is 7.23. The average Bonchev–Trinajstić information content (AvgIpc) is 2.36. The normalized spacial score (nSPS) is 10.2. The van der Waals surface area contributed by atoms with Gasteiger partial charge >= 0.3 is 0 Å². The standard InChI is InChI=1S/C14H22N2O2/c1-3-9-18-13-10-11(2)6-7-12(13)16-14(17)5-4-8-15/h6-7,10H,3-5,8-9,15H2,1-2H3,(H,16,17). The van der Waals surface area contributed by atoms with Crippen LogP contribution in [0.1, 0.15) is 31.7 Å². The maximum Gasteiger partial charge on any atom is 0.224 e. The van der Waals surface area contributed by atoms with E-state index in [1.807, 2.05) is 25.1 Å². The number of benzene rings is 1. The minimum Gasteiger partial charge on any atom is -0.491 e. The van der Waals surface area contributed by atoms with Gasteiger partial charge in [-0.25, -0.2) is 0 Å². The summed E-state index contributed by atoms with van der Waals surface area (Å²) in [5, 5.41) is 2.86. The van der Waals surface area contributed by atoms with E-state index in [4.69, 9.17) is 10.5 Å². The lowest BCUT2D eigenvalue weighted by Gasteiger charge is -2.12. The number of nitrogens with two attached hydrogens (primary N) is 1. The molecule has 0 bridgehead atoms. The van der Waals surface area contributed by atoms with Crippen molar-refractivity contribution < 1.29 is 9.53 Å². The highest BCUT2D eigenvalue weighted by molar-refractivity contribution is 5.92. The number of ether oxygens (including phenoxy) is 1. The minimum absolute atomic E-state index is 0.0225. The third-order valence-corrected chi connectivity index (χ3v) is 2.48. The van der Waals surface area contributed by atoms with Gasteiger partial charge < -0.3 is 15.8 Å². The van der Waals surface area contributed by atoms with Gasteiger partial charge in [0.2, 0.25) is 5.91 Å². The molecule has 0 saturated heterocycles. The predicted octanol–water partition coefficient (Wildman–Crippen LogP) is 2.46. The lowest BCUT2D eigenvalue weighted by Crippen LogP contribution is -2.14. The highest BCUT2D eigenvalue weighted by Gasteiger charge is 2.07. The quantitative estimate of drug-likeness (QED) is 0.781. The van der Waals surface area contributed by atoms with Crippen LogP contribution in [0.2, 0.25) is 0 Å². The van der Waals surface area contributed by atoms with Crippen molar-refractivity contribution in [2.24, 2.45) is 5.73 Å². The van der Waals surface area contributed by atoms with Crippen LogP contribution >= 0.6 is 0 Å². The summed E-state index contributed by atoms with van der Waals surface area (Å²) >= 11 is 0. The number of amides is 1. The van der Waals surface area contributed by atoms with Crippen LogP contribution in [-0.4, -0.2) is 19.1 Å². The molecule has 0 aromatic heterocycles. The number of nitrogens with one attached hydrogen (secondary N) is 1. The summed E-state index contributed by atoms with van der Waals surface area (Å²) in [6, 6.07) is 5.77. The fourth-order valence-corrected chi connectivity index (χ4v) is 1.54. The van der Waals surface area contributed by atoms with E-state index in [2.05, 4.69) is 12.2 Å². The van der Waals surface area contributed by atoms with Crippen LogP contribution < -0.4 is 15.8 Å². The molecule has 1 amide bonds. The average molecular weight is 250 g/mol. The molecule has 1 aromatic carbocycles.